The summed E-state index contributed by atoms with van der Waals surface area (Å²) < 4.78 is 0. The van der Waals surface area contributed by atoms with E-state index < -0.39 is 0 Å². The van der Waals surface area contributed by atoms with E-state index in [1.807, 2.05) is 30.1 Å². The van der Waals surface area contributed by atoms with Gasteiger partial charge < -0.3 is 4.90 Å². The van der Waals surface area contributed by atoms with Gasteiger partial charge in [0.2, 0.25) is 0 Å². The van der Waals surface area contributed by atoms with Crippen LogP contribution in [0.2, 0.25) is 0 Å². The molecule has 0 aromatic heterocycles. The van der Waals surface area contributed by atoms with E-state index in [1.165, 1.54) is 0 Å². The topological polar surface area (TPSA) is 3.24 Å². The van der Waals surface area contributed by atoms with Crippen LogP contribution in [0, 0.1) is 0 Å². The van der Waals surface area contributed by atoms with Gasteiger partial charge >= 0.3 is 0 Å². The van der Waals surface area contributed by atoms with E-state index in [4.69, 9.17) is 0 Å². The smallest absolute Gasteiger partial charge is 0.0383 e. The Labute approximate surface area is 99.5 Å². The Bertz CT molecular complexity index is 342. The highest BCUT2D eigenvalue weighted by molar-refractivity contribution is 5.31. The molecule has 0 aromatic carbocycles. The van der Waals surface area contributed by atoms with Gasteiger partial charge in [0.25, 0.3) is 0 Å². The first kappa shape index (κ1) is 14.2. The van der Waals surface area contributed by atoms with Gasteiger partial charge in [-0.25, -0.2) is 0 Å². The molecule has 0 aromatic rings. The van der Waals surface area contributed by atoms with E-state index in [1.54, 1.807) is 12.2 Å². The number of hydrogen-bond donors (Lipinski definition) is 0. The van der Waals surface area contributed by atoms with Gasteiger partial charge in [0.1, 0.15) is 0 Å². The van der Waals surface area contributed by atoms with Crippen LogP contribution in [0.1, 0.15) is 20.3 Å². The van der Waals surface area contributed by atoms with E-state index in [0.29, 0.717) is 0 Å². The number of rotatable bonds is 7. The highest BCUT2D eigenvalue weighted by Crippen LogP contribution is 2.22. The molecule has 0 bridgehead atoms. The second kappa shape index (κ2) is 7.52. The first-order valence-corrected chi connectivity index (χ1v) is 5.37. The van der Waals surface area contributed by atoms with Crippen molar-refractivity contribution in [2.75, 3.05) is 0 Å². The highest BCUT2D eigenvalue weighted by atomic mass is 15.2. The van der Waals surface area contributed by atoms with Crippen molar-refractivity contribution < 1.29 is 0 Å². The van der Waals surface area contributed by atoms with Crippen LogP contribution in [0.25, 0.3) is 0 Å². The Hall–Kier alpha value is -1.76. The van der Waals surface area contributed by atoms with Gasteiger partial charge in [-0.3, -0.25) is 0 Å². The van der Waals surface area contributed by atoms with Gasteiger partial charge in [0.15, 0.2) is 0 Å². The van der Waals surface area contributed by atoms with Gasteiger partial charge in [0, 0.05) is 17.1 Å². The molecule has 1 heteroatoms. The first-order chi connectivity index (χ1) is 7.62. The van der Waals surface area contributed by atoms with E-state index in [9.17, 15) is 0 Å². The summed E-state index contributed by atoms with van der Waals surface area (Å²) in [5, 5.41) is 0. The largest absolute Gasteiger partial charge is 0.315 e. The standard InChI is InChI=1S/C15H21N/c1-7-11-14(6)16(13(5)9-3)15(10-4)12-8-2/h7-9,11-12H,2-3,5-6,10H2,1,4H3/b11-7-,15-12+. The maximum atomic E-state index is 4.02. The Balaban J connectivity index is 5.29. The van der Waals surface area contributed by atoms with Crippen molar-refractivity contribution in [3.8, 4) is 0 Å². The molecule has 0 amide bonds. The van der Waals surface area contributed by atoms with Crippen molar-refractivity contribution >= 4 is 0 Å². The summed E-state index contributed by atoms with van der Waals surface area (Å²) in [7, 11) is 0. The van der Waals surface area contributed by atoms with E-state index >= 15 is 0 Å². The molecule has 0 saturated heterocycles. The molecule has 0 aliphatic heterocycles. The summed E-state index contributed by atoms with van der Waals surface area (Å²) >= 11 is 0. The summed E-state index contributed by atoms with van der Waals surface area (Å²) in [6.07, 6.45) is 10.2. The molecular weight excluding hydrogens is 194 g/mol. The Morgan fingerprint density at radius 3 is 2.19 bits per heavy atom. The maximum Gasteiger partial charge on any atom is 0.0383 e. The molecule has 0 aliphatic carbocycles. The minimum atomic E-state index is 0.818. The van der Waals surface area contributed by atoms with Crippen molar-refractivity contribution in [3.63, 3.8) is 0 Å². The fraction of sp³-hybridized carbons (Fsp3) is 0.200. The molecule has 0 unspecified atom stereocenters. The molecular formula is C15H21N. The van der Waals surface area contributed by atoms with Crippen molar-refractivity contribution in [1.29, 1.82) is 0 Å². The van der Waals surface area contributed by atoms with E-state index in [2.05, 4.69) is 33.2 Å². The van der Waals surface area contributed by atoms with Gasteiger partial charge in [-0.1, -0.05) is 45.4 Å². The monoisotopic (exact) mass is 215 g/mol. The van der Waals surface area contributed by atoms with Crippen LogP contribution in [0.15, 0.2) is 73.8 Å². The van der Waals surface area contributed by atoms with Gasteiger partial charge in [-0.05, 0) is 31.6 Å². The molecule has 16 heavy (non-hydrogen) atoms. The molecule has 0 rings (SSSR count). The summed E-state index contributed by atoms with van der Waals surface area (Å²) in [5.74, 6) is 0. The fourth-order valence-corrected chi connectivity index (χ4v) is 1.40. The van der Waals surface area contributed by atoms with Crippen molar-refractivity contribution in [3.05, 3.63) is 73.8 Å². The van der Waals surface area contributed by atoms with Gasteiger partial charge in [0.05, 0.1) is 0 Å². The second-order valence-corrected chi connectivity index (χ2v) is 3.27. The molecule has 0 atom stereocenters. The highest BCUT2D eigenvalue weighted by Gasteiger charge is 2.10. The minimum absolute atomic E-state index is 0.818. The molecule has 86 valence electrons. The molecule has 0 aliphatic rings. The van der Waals surface area contributed by atoms with E-state index in [-0.39, 0.29) is 0 Å². The Kier molecular flexibility index (Phi) is 6.69. The maximum absolute atomic E-state index is 4.02. The van der Waals surface area contributed by atoms with Crippen LogP contribution >= 0.6 is 0 Å². The lowest BCUT2D eigenvalue weighted by molar-refractivity contribution is 0.543. The zero-order valence-electron chi connectivity index (χ0n) is 10.4. The predicted molar refractivity (Wildman–Crippen MR) is 73.7 cm³/mol. The average Bonchev–Trinajstić information content (AvgIpc) is 2.28. The van der Waals surface area contributed by atoms with Gasteiger partial charge in [-0.15, -0.1) is 0 Å². The first-order valence-electron chi connectivity index (χ1n) is 5.37. The van der Waals surface area contributed by atoms with Crippen LogP contribution in [-0.4, -0.2) is 4.90 Å². The predicted octanol–water partition coefficient (Wildman–Crippen LogP) is 4.56. The summed E-state index contributed by atoms with van der Waals surface area (Å²) in [5.41, 5.74) is 2.79. The Morgan fingerprint density at radius 2 is 1.81 bits per heavy atom. The Morgan fingerprint density at radius 1 is 1.19 bits per heavy atom. The van der Waals surface area contributed by atoms with E-state index in [0.717, 1.165) is 23.5 Å². The number of nitrogens with zero attached hydrogens (tertiary/aromatic N) is 1. The van der Waals surface area contributed by atoms with Crippen molar-refractivity contribution in [2.24, 2.45) is 0 Å². The third-order valence-electron chi connectivity index (χ3n) is 2.13. The zero-order valence-corrected chi connectivity index (χ0v) is 10.4. The third-order valence-corrected chi connectivity index (χ3v) is 2.13. The lowest BCUT2D eigenvalue weighted by atomic mass is 10.2. The SMILES string of the molecule is C=C/C=C(\CC)N(C(=C)C=C)C(=C)/C=C\C. The summed E-state index contributed by atoms with van der Waals surface area (Å²) in [6.45, 7) is 19.5. The lowest BCUT2D eigenvalue weighted by Crippen LogP contribution is -2.18. The van der Waals surface area contributed by atoms with Crippen LogP contribution in [0.3, 0.4) is 0 Å². The van der Waals surface area contributed by atoms with Crippen LogP contribution < -0.4 is 0 Å². The molecule has 0 radical (unpaired) electrons. The second-order valence-electron chi connectivity index (χ2n) is 3.27. The summed E-state index contributed by atoms with van der Waals surface area (Å²) in [6, 6.07) is 0. The number of allylic oxidation sites excluding steroid dienone is 6. The molecule has 0 N–H and O–H groups in total. The van der Waals surface area contributed by atoms with Crippen LogP contribution in [0.4, 0.5) is 0 Å². The lowest BCUT2D eigenvalue weighted by Gasteiger charge is -2.27. The van der Waals surface area contributed by atoms with Crippen LogP contribution in [-0.2, 0) is 0 Å². The average molecular weight is 215 g/mol. The molecule has 0 fully saturated rings. The summed E-state index contributed by atoms with van der Waals surface area (Å²) in [4.78, 5) is 1.98. The fourth-order valence-electron chi connectivity index (χ4n) is 1.40. The molecule has 0 heterocycles. The molecule has 0 saturated carbocycles. The van der Waals surface area contributed by atoms with Gasteiger partial charge in [-0.2, -0.15) is 0 Å². The minimum Gasteiger partial charge on any atom is -0.315 e. The van der Waals surface area contributed by atoms with Crippen molar-refractivity contribution in [2.45, 2.75) is 20.3 Å². The number of hydrogen-bond acceptors (Lipinski definition) is 1. The van der Waals surface area contributed by atoms with Crippen LogP contribution in [0.5, 0.6) is 0 Å². The quantitative estimate of drug-likeness (QED) is 0.563. The third kappa shape index (κ3) is 3.77. The normalized spacial score (nSPS) is 11.2. The molecule has 0 spiro atoms. The molecule has 1 nitrogen and oxygen atoms in total. The zero-order chi connectivity index (χ0) is 12.6. The van der Waals surface area contributed by atoms with Crippen molar-refractivity contribution in [1.82, 2.24) is 4.90 Å².